The van der Waals surface area contributed by atoms with E-state index in [1.165, 1.54) is 6.07 Å². The Labute approximate surface area is 123 Å². The molecule has 2 N–H and O–H groups in total. The Hall–Kier alpha value is -2.36. The maximum Gasteiger partial charge on any atom is 0.144 e. The van der Waals surface area contributed by atoms with Crippen LogP contribution in [-0.2, 0) is 6.54 Å². The zero-order chi connectivity index (χ0) is 15.0. The monoisotopic (exact) mass is 283 g/mol. The molecule has 0 amide bonds. The molecule has 3 rings (SSSR count). The number of halogens is 1. The summed E-state index contributed by atoms with van der Waals surface area (Å²) in [5.74, 6) is 0.792. The van der Waals surface area contributed by atoms with Crippen molar-refractivity contribution in [2.75, 3.05) is 5.73 Å². The van der Waals surface area contributed by atoms with Gasteiger partial charge in [-0.15, -0.1) is 0 Å². The van der Waals surface area contributed by atoms with Gasteiger partial charge in [0.1, 0.15) is 17.2 Å². The molecule has 2 aromatic carbocycles. The molecule has 1 heterocycles. The normalized spacial score (nSPS) is 11.4. The lowest BCUT2D eigenvalue weighted by molar-refractivity contribution is 0.534. The minimum atomic E-state index is -0.267. The van der Waals surface area contributed by atoms with Crippen LogP contribution >= 0.6 is 0 Å². The van der Waals surface area contributed by atoms with Gasteiger partial charge < -0.3 is 10.3 Å². The second-order valence-corrected chi connectivity index (χ2v) is 5.63. The minimum absolute atomic E-state index is 0.267. The van der Waals surface area contributed by atoms with Crippen molar-refractivity contribution in [2.24, 2.45) is 5.92 Å². The van der Waals surface area contributed by atoms with E-state index in [2.05, 4.69) is 23.4 Å². The van der Waals surface area contributed by atoms with Crippen molar-refractivity contribution < 1.29 is 4.39 Å². The van der Waals surface area contributed by atoms with Crippen LogP contribution in [0.3, 0.4) is 0 Å². The molecule has 0 saturated heterocycles. The maximum absolute atomic E-state index is 14.1. The molecule has 21 heavy (non-hydrogen) atoms. The number of benzene rings is 2. The van der Waals surface area contributed by atoms with Crippen LogP contribution in [0.5, 0.6) is 0 Å². The largest absolute Gasteiger partial charge is 0.397 e. The lowest BCUT2D eigenvalue weighted by atomic mass is 10.1. The summed E-state index contributed by atoms with van der Waals surface area (Å²) in [7, 11) is 0. The van der Waals surface area contributed by atoms with Gasteiger partial charge in [-0.1, -0.05) is 32.0 Å². The van der Waals surface area contributed by atoms with Gasteiger partial charge in [-0.25, -0.2) is 9.37 Å². The number of para-hydroxylation sites is 1. The number of rotatable bonds is 3. The predicted octanol–water partition coefficient (Wildman–Crippen LogP) is 4.08. The van der Waals surface area contributed by atoms with E-state index >= 15 is 0 Å². The summed E-state index contributed by atoms with van der Waals surface area (Å²) >= 11 is 0. The third kappa shape index (κ3) is 2.37. The molecular weight excluding hydrogens is 265 g/mol. The average molecular weight is 283 g/mol. The van der Waals surface area contributed by atoms with E-state index in [9.17, 15) is 4.39 Å². The number of nitrogens with zero attached hydrogens (tertiary/aromatic N) is 2. The van der Waals surface area contributed by atoms with E-state index in [4.69, 9.17) is 5.73 Å². The van der Waals surface area contributed by atoms with Crippen LogP contribution in [0.4, 0.5) is 10.1 Å². The van der Waals surface area contributed by atoms with E-state index < -0.39 is 0 Å². The molecular formula is C17H18FN3. The molecule has 4 heteroatoms. The zero-order valence-electron chi connectivity index (χ0n) is 12.2. The summed E-state index contributed by atoms with van der Waals surface area (Å²) in [5.41, 5.74) is 8.82. The van der Waals surface area contributed by atoms with E-state index in [1.54, 1.807) is 12.1 Å². The highest BCUT2D eigenvalue weighted by molar-refractivity contribution is 5.90. The molecule has 3 aromatic rings. The molecule has 108 valence electrons. The fourth-order valence-corrected chi connectivity index (χ4v) is 2.57. The highest BCUT2D eigenvalue weighted by atomic mass is 19.1. The van der Waals surface area contributed by atoms with Crippen LogP contribution in [0.1, 0.15) is 13.8 Å². The third-order valence-electron chi connectivity index (χ3n) is 3.47. The van der Waals surface area contributed by atoms with Crippen LogP contribution in [0.25, 0.3) is 22.4 Å². The number of aromatic nitrogens is 2. The van der Waals surface area contributed by atoms with Gasteiger partial charge in [0.25, 0.3) is 0 Å². The van der Waals surface area contributed by atoms with Crippen LogP contribution in [0.15, 0.2) is 42.5 Å². The third-order valence-corrected chi connectivity index (χ3v) is 3.47. The molecule has 0 saturated carbocycles. The number of fused-ring (bicyclic) bond motifs is 1. The van der Waals surface area contributed by atoms with Crippen molar-refractivity contribution in [1.82, 2.24) is 9.55 Å². The number of anilines is 1. The van der Waals surface area contributed by atoms with Crippen molar-refractivity contribution in [2.45, 2.75) is 20.4 Å². The first kappa shape index (κ1) is 13.6. The summed E-state index contributed by atoms with van der Waals surface area (Å²) in [6, 6.07) is 12.4. The van der Waals surface area contributed by atoms with Gasteiger partial charge in [0, 0.05) is 6.54 Å². The van der Waals surface area contributed by atoms with E-state index in [-0.39, 0.29) is 5.82 Å². The van der Waals surface area contributed by atoms with Crippen LogP contribution in [0.2, 0.25) is 0 Å². The molecule has 0 atom stereocenters. The Morgan fingerprint density at radius 1 is 1.14 bits per heavy atom. The molecule has 0 bridgehead atoms. The highest BCUT2D eigenvalue weighted by Gasteiger charge is 2.17. The van der Waals surface area contributed by atoms with Crippen molar-refractivity contribution in [3.63, 3.8) is 0 Å². The van der Waals surface area contributed by atoms with Crippen molar-refractivity contribution in [3.05, 3.63) is 48.3 Å². The standard InChI is InChI=1S/C17H18FN3/c1-11(2)10-21-15-9-5-8-14(19)16(15)20-17(21)12-6-3-4-7-13(12)18/h3-9,11H,10,19H2,1-2H3. The van der Waals surface area contributed by atoms with Gasteiger partial charge in [-0.05, 0) is 30.2 Å². The zero-order valence-corrected chi connectivity index (χ0v) is 12.2. The minimum Gasteiger partial charge on any atom is -0.397 e. The lowest BCUT2D eigenvalue weighted by Gasteiger charge is -2.12. The van der Waals surface area contributed by atoms with E-state index in [0.29, 0.717) is 23.0 Å². The summed E-state index contributed by atoms with van der Waals surface area (Å²) in [4.78, 5) is 4.59. The lowest BCUT2D eigenvalue weighted by Crippen LogP contribution is -2.06. The first-order chi connectivity index (χ1) is 10.1. The molecule has 0 radical (unpaired) electrons. The Morgan fingerprint density at radius 2 is 1.90 bits per heavy atom. The fraction of sp³-hybridized carbons (Fsp3) is 0.235. The Bertz CT molecular complexity index is 790. The maximum atomic E-state index is 14.1. The number of imidazole rings is 1. The fourth-order valence-electron chi connectivity index (χ4n) is 2.57. The van der Waals surface area contributed by atoms with Gasteiger partial charge in [-0.2, -0.15) is 0 Å². The Balaban J connectivity index is 2.31. The van der Waals surface area contributed by atoms with Gasteiger partial charge in [0.05, 0.1) is 16.8 Å². The molecule has 0 aliphatic heterocycles. The molecule has 0 spiro atoms. The van der Waals surface area contributed by atoms with Gasteiger partial charge >= 0.3 is 0 Å². The second kappa shape index (κ2) is 5.20. The summed E-state index contributed by atoms with van der Waals surface area (Å²) < 4.78 is 16.2. The smallest absolute Gasteiger partial charge is 0.144 e. The van der Waals surface area contributed by atoms with Crippen molar-refractivity contribution in [1.29, 1.82) is 0 Å². The molecule has 0 unspecified atom stereocenters. The first-order valence-electron chi connectivity index (χ1n) is 7.07. The highest BCUT2D eigenvalue weighted by Crippen LogP contribution is 2.30. The van der Waals surface area contributed by atoms with Crippen LogP contribution < -0.4 is 5.73 Å². The molecule has 1 aromatic heterocycles. The van der Waals surface area contributed by atoms with E-state index in [0.717, 1.165) is 17.6 Å². The first-order valence-corrected chi connectivity index (χ1v) is 7.07. The Morgan fingerprint density at radius 3 is 2.62 bits per heavy atom. The molecule has 0 fully saturated rings. The second-order valence-electron chi connectivity index (χ2n) is 5.63. The molecule has 0 aliphatic rings. The topological polar surface area (TPSA) is 43.8 Å². The van der Waals surface area contributed by atoms with Crippen LogP contribution in [0, 0.1) is 11.7 Å². The number of nitrogens with two attached hydrogens (primary N) is 1. The number of nitrogen functional groups attached to an aromatic ring is 1. The number of hydrogen-bond acceptors (Lipinski definition) is 2. The quantitative estimate of drug-likeness (QED) is 0.736. The average Bonchev–Trinajstić information content (AvgIpc) is 2.79. The van der Waals surface area contributed by atoms with Crippen molar-refractivity contribution in [3.8, 4) is 11.4 Å². The summed E-state index contributed by atoms with van der Waals surface area (Å²) in [6.45, 7) is 5.02. The van der Waals surface area contributed by atoms with Crippen molar-refractivity contribution >= 4 is 16.7 Å². The molecule has 0 aliphatic carbocycles. The summed E-state index contributed by atoms with van der Waals surface area (Å²) in [6.07, 6.45) is 0. The Kier molecular flexibility index (Phi) is 3.37. The van der Waals surface area contributed by atoms with Gasteiger partial charge in [0.15, 0.2) is 0 Å². The van der Waals surface area contributed by atoms with Gasteiger partial charge in [0.2, 0.25) is 0 Å². The summed E-state index contributed by atoms with van der Waals surface area (Å²) in [5, 5.41) is 0. The van der Waals surface area contributed by atoms with E-state index in [1.807, 2.05) is 24.3 Å². The SMILES string of the molecule is CC(C)Cn1c(-c2ccccc2F)nc2c(N)cccc21. The van der Waals surface area contributed by atoms with Crippen LogP contribution in [-0.4, -0.2) is 9.55 Å². The number of hydrogen-bond donors (Lipinski definition) is 1. The molecule has 3 nitrogen and oxygen atoms in total. The van der Waals surface area contributed by atoms with Gasteiger partial charge in [-0.3, -0.25) is 0 Å². The predicted molar refractivity (Wildman–Crippen MR) is 84.4 cm³/mol.